The summed E-state index contributed by atoms with van der Waals surface area (Å²) in [5.74, 6) is 2.11. The molecule has 6 rings (SSSR count). The zero-order valence-corrected chi connectivity index (χ0v) is 19.2. The van der Waals surface area contributed by atoms with E-state index in [0.717, 1.165) is 41.1 Å². The first-order valence-electron chi connectivity index (χ1n) is 11.3. The zero-order chi connectivity index (χ0) is 23.3. The molecule has 0 bridgehead atoms. The van der Waals surface area contributed by atoms with Crippen LogP contribution in [0.2, 0.25) is 5.02 Å². The molecule has 1 aliphatic carbocycles. The standard InChI is InChI=1S/C18H18ClN5.C7H6N2O/c19-14-8-4-5-9-16(14)24-17(13-6-2-1-3-7-13)22-23-18(24)15-10-11-20-12-21-15;10-7-8-5-3-1-2-4-6(5)9-7/h4-5,8-13H,1-3,6-7H2;1-4H,(H2,8,9,10). The van der Waals surface area contributed by atoms with E-state index in [-0.39, 0.29) is 5.69 Å². The van der Waals surface area contributed by atoms with E-state index in [2.05, 4.69) is 34.7 Å². The molecule has 9 heteroatoms. The predicted octanol–water partition coefficient (Wildman–Crippen LogP) is 5.28. The second kappa shape index (κ2) is 10.0. The van der Waals surface area contributed by atoms with Crippen molar-refractivity contribution in [2.24, 2.45) is 0 Å². The van der Waals surface area contributed by atoms with E-state index < -0.39 is 0 Å². The van der Waals surface area contributed by atoms with E-state index in [4.69, 9.17) is 11.6 Å². The van der Waals surface area contributed by atoms with Gasteiger partial charge in [-0.15, -0.1) is 10.2 Å². The highest BCUT2D eigenvalue weighted by Gasteiger charge is 2.25. The largest absolute Gasteiger partial charge is 0.323 e. The topological polar surface area (TPSA) is 105 Å². The highest BCUT2D eigenvalue weighted by atomic mass is 35.5. The Kier molecular flexibility index (Phi) is 6.49. The zero-order valence-electron chi connectivity index (χ0n) is 18.5. The van der Waals surface area contributed by atoms with Crippen LogP contribution in [0.1, 0.15) is 43.8 Å². The maximum absolute atomic E-state index is 10.7. The van der Waals surface area contributed by atoms with Gasteiger partial charge in [0.1, 0.15) is 17.8 Å². The van der Waals surface area contributed by atoms with Crippen molar-refractivity contribution >= 4 is 22.6 Å². The normalized spacial score (nSPS) is 14.0. The minimum Gasteiger partial charge on any atom is -0.306 e. The number of nitrogens with zero attached hydrogens (tertiary/aromatic N) is 5. The first-order chi connectivity index (χ1) is 16.7. The maximum Gasteiger partial charge on any atom is 0.323 e. The summed E-state index contributed by atoms with van der Waals surface area (Å²) < 4.78 is 2.07. The van der Waals surface area contributed by atoms with Crippen molar-refractivity contribution < 1.29 is 0 Å². The number of aromatic amines is 2. The summed E-state index contributed by atoms with van der Waals surface area (Å²) in [5, 5.41) is 9.66. The van der Waals surface area contributed by atoms with Gasteiger partial charge < -0.3 is 9.97 Å². The Balaban J connectivity index is 0.000000200. The van der Waals surface area contributed by atoms with Crippen LogP contribution in [0.25, 0.3) is 28.2 Å². The summed E-state index contributed by atoms with van der Waals surface area (Å²) in [4.78, 5) is 24.3. The van der Waals surface area contributed by atoms with Gasteiger partial charge in [0.05, 0.1) is 21.7 Å². The molecule has 0 aliphatic heterocycles. The van der Waals surface area contributed by atoms with Gasteiger partial charge in [0.2, 0.25) is 0 Å². The molecule has 0 atom stereocenters. The number of para-hydroxylation sites is 3. The second-order valence-corrected chi connectivity index (χ2v) is 8.63. The molecule has 0 saturated heterocycles. The van der Waals surface area contributed by atoms with Crippen LogP contribution in [0.4, 0.5) is 0 Å². The quantitative estimate of drug-likeness (QED) is 0.370. The number of H-pyrrole nitrogens is 2. The Hall–Kier alpha value is -3.78. The van der Waals surface area contributed by atoms with Crippen LogP contribution in [0.3, 0.4) is 0 Å². The minimum absolute atomic E-state index is 0.152. The van der Waals surface area contributed by atoms with E-state index in [1.807, 2.05) is 54.6 Å². The molecule has 0 radical (unpaired) electrons. The van der Waals surface area contributed by atoms with Crippen LogP contribution >= 0.6 is 11.6 Å². The Morgan fingerprint density at radius 1 is 0.882 bits per heavy atom. The average Bonchev–Trinajstić information content (AvgIpc) is 3.49. The molecule has 2 N–H and O–H groups in total. The summed E-state index contributed by atoms with van der Waals surface area (Å²) in [5.41, 5.74) is 3.21. The molecule has 2 aromatic carbocycles. The smallest absolute Gasteiger partial charge is 0.306 e. The Labute approximate surface area is 201 Å². The number of halogens is 1. The van der Waals surface area contributed by atoms with Gasteiger partial charge in [-0.1, -0.05) is 55.1 Å². The lowest BCUT2D eigenvalue weighted by atomic mass is 9.88. The van der Waals surface area contributed by atoms with Crippen LogP contribution in [-0.4, -0.2) is 34.7 Å². The number of imidazole rings is 1. The van der Waals surface area contributed by atoms with Gasteiger partial charge in [-0.05, 0) is 43.2 Å². The molecular formula is C25H24ClN7O. The van der Waals surface area contributed by atoms with E-state index >= 15 is 0 Å². The van der Waals surface area contributed by atoms with E-state index in [1.54, 1.807) is 6.20 Å². The van der Waals surface area contributed by atoms with Crippen molar-refractivity contribution in [1.29, 1.82) is 0 Å². The minimum atomic E-state index is -0.152. The fraction of sp³-hybridized carbons (Fsp3) is 0.240. The van der Waals surface area contributed by atoms with Crippen LogP contribution in [0, 0.1) is 0 Å². The van der Waals surface area contributed by atoms with Gasteiger partial charge in [0, 0.05) is 12.1 Å². The fourth-order valence-electron chi connectivity index (χ4n) is 4.36. The van der Waals surface area contributed by atoms with Crippen LogP contribution < -0.4 is 5.69 Å². The number of hydrogen-bond acceptors (Lipinski definition) is 5. The number of hydrogen-bond donors (Lipinski definition) is 2. The van der Waals surface area contributed by atoms with Crippen molar-refractivity contribution in [1.82, 2.24) is 34.7 Å². The third-order valence-electron chi connectivity index (χ3n) is 5.99. The summed E-state index contributed by atoms with van der Waals surface area (Å²) in [6.45, 7) is 0. The predicted molar refractivity (Wildman–Crippen MR) is 132 cm³/mol. The molecule has 34 heavy (non-hydrogen) atoms. The molecule has 8 nitrogen and oxygen atoms in total. The molecule has 3 aromatic heterocycles. The van der Waals surface area contributed by atoms with Gasteiger partial charge >= 0.3 is 5.69 Å². The second-order valence-electron chi connectivity index (χ2n) is 8.22. The lowest BCUT2D eigenvalue weighted by Crippen LogP contribution is -2.12. The SMILES string of the molecule is Clc1ccccc1-n1c(-c2ccncn2)nnc1C1CCCCC1.O=c1[nH]c2ccccc2[nH]1. The molecule has 172 valence electrons. The summed E-state index contributed by atoms with van der Waals surface area (Å²) in [7, 11) is 0. The lowest BCUT2D eigenvalue weighted by molar-refractivity contribution is 0.424. The molecule has 1 aliphatic rings. The molecule has 5 aromatic rings. The molecule has 0 unspecified atom stereocenters. The van der Waals surface area contributed by atoms with Crippen molar-refractivity contribution in [3.05, 3.63) is 88.5 Å². The van der Waals surface area contributed by atoms with E-state index in [0.29, 0.717) is 16.8 Å². The van der Waals surface area contributed by atoms with Gasteiger partial charge in [-0.25, -0.2) is 14.8 Å². The first-order valence-corrected chi connectivity index (χ1v) is 11.7. The fourth-order valence-corrected chi connectivity index (χ4v) is 4.58. The third kappa shape index (κ3) is 4.63. The van der Waals surface area contributed by atoms with Gasteiger partial charge in [0.15, 0.2) is 5.82 Å². The molecule has 0 spiro atoms. The van der Waals surface area contributed by atoms with Crippen molar-refractivity contribution in [3.63, 3.8) is 0 Å². The Morgan fingerprint density at radius 3 is 2.26 bits per heavy atom. The lowest BCUT2D eigenvalue weighted by Gasteiger charge is -2.22. The number of fused-ring (bicyclic) bond motifs is 1. The van der Waals surface area contributed by atoms with Crippen molar-refractivity contribution in [3.8, 4) is 17.2 Å². The van der Waals surface area contributed by atoms with Crippen LogP contribution in [0.5, 0.6) is 0 Å². The van der Waals surface area contributed by atoms with Gasteiger partial charge in [-0.2, -0.15) is 0 Å². The van der Waals surface area contributed by atoms with Gasteiger partial charge in [-0.3, -0.25) is 4.57 Å². The molecule has 1 saturated carbocycles. The van der Waals surface area contributed by atoms with Crippen molar-refractivity contribution in [2.75, 3.05) is 0 Å². The Bertz CT molecular complexity index is 1400. The van der Waals surface area contributed by atoms with E-state index in [9.17, 15) is 4.79 Å². The molecular weight excluding hydrogens is 450 g/mol. The van der Waals surface area contributed by atoms with Crippen LogP contribution in [-0.2, 0) is 0 Å². The molecule has 3 heterocycles. The Morgan fingerprint density at radius 2 is 1.59 bits per heavy atom. The monoisotopic (exact) mass is 473 g/mol. The number of nitrogens with one attached hydrogen (secondary N) is 2. The van der Waals surface area contributed by atoms with Crippen molar-refractivity contribution in [2.45, 2.75) is 38.0 Å². The highest BCUT2D eigenvalue weighted by molar-refractivity contribution is 6.32. The molecule has 0 amide bonds. The number of rotatable bonds is 3. The third-order valence-corrected chi connectivity index (χ3v) is 6.31. The van der Waals surface area contributed by atoms with Crippen LogP contribution in [0.15, 0.2) is 71.9 Å². The van der Waals surface area contributed by atoms with E-state index in [1.165, 1.54) is 25.6 Å². The summed E-state index contributed by atoms with van der Waals surface area (Å²) >= 11 is 6.48. The number of benzene rings is 2. The molecule has 1 fully saturated rings. The summed E-state index contributed by atoms with van der Waals surface area (Å²) in [6, 6.07) is 17.1. The summed E-state index contributed by atoms with van der Waals surface area (Å²) in [6.07, 6.45) is 9.31. The first kappa shape index (κ1) is 22.0. The average molecular weight is 474 g/mol. The van der Waals surface area contributed by atoms with Gasteiger partial charge in [0.25, 0.3) is 0 Å². The number of aromatic nitrogens is 7. The highest BCUT2D eigenvalue weighted by Crippen LogP contribution is 2.36. The maximum atomic E-state index is 10.7.